The maximum atomic E-state index is 11.7. The molecule has 2 unspecified atom stereocenters. The van der Waals surface area contributed by atoms with Gasteiger partial charge in [0, 0.05) is 19.3 Å². The minimum absolute atomic E-state index is 0.128. The van der Waals surface area contributed by atoms with Crippen LogP contribution in [0.1, 0.15) is 29.8 Å². The highest BCUT2D eigenvalue weighted by molar-refractivity contribution is 5.89. The summed E-state index contributed by atoms with van der Waals surface area (Å²) in [5.41, 5.74) is 3.42. The number of aryl methyl sites for hydroxylation is 2. The Bertz CT molecular complexity index is 536. The molecule has 0 radical (unpaired) electrons. The van der Waals surface area contributed by atoms with Crippen molar-refractivity contribution in [3.05, 3.63) is 17.0 Å². The number of aliphatic carboxylic acids is 1. The minimum atomic E-state index is -0.869. The van der Waals surface area contributed by atoms with Gasteiger partial charge in [-0.2, -0.15) is 5.10 Å². The van der Waals surface area contributed by atoms with Crippen LogP contribution in [0.4, 0.5) is 0 Å². The molecule has 0 saturated heterocycles. The summed E-state index contributed by atoms with van der Waals surface area (Å²) in [5, 5.41) is 15.9. The number of carboxylic acid groups (broad SMARTS) is 1. The molecule has 0 spiro atoms. The second-order valence-electron chi connectivity index (χ2n) is 5.45. The van der Waals surface area contributed by atoms with E-state index >= 15 is 0 Å². The Morgan fingerprint density at radius 1 is 1.40 bits per heavy atom. The van der Waals surface area contributed by atoms with Gasteiger partial charge >= 0.3 is 5.97 Å². The van der Waals surface area contributed by atoms with E-state index in [2.05, 4.69) is 10.4 Å². The smallest absolute Gasteiger partial charge is 0.307 e. The van der Waals surface area contributed by atoms with Crippen LogP contribution in [0, 0.1) is 25.7 Å². The fraction of sp³-hybridized carbons (Fsp3) is 0.643. The zero-order chi connectivity index (χ0) is 14.9. The number of nitrogens with zero attached hydrogens (tertiary/aromatic N) is 2. The third-order valence-corrected chi connectivity index (χ3v) is 4.01. The summed E-state index contributed by atoms with van der Waals surface area (Å²) in [6, 6.07) is 0. The van der Waals surface area contributed by atoms with Gasteiger partial charge in [0.1, 0.15) is 0 Å². The van der Waals surface area contributed by atoms with Crippen molar-refractivity contribution in [2.45, 2.75) is 33.1 Å². The van der Waals surface area contributed by atoms with Crippen molar-refractivity contribution in [2.75, 3.05) is 6.54 Å². The van der Waals surface area contributed by atoms with Crippen LogP contribution in [0.3, 0.4) is 0 Å². The molecule has 6 heteroatoms. The van der Waals surface area contributed by atoms with Gasteiger partial charge in [-0.25, -0.2) is 0 Å². The molecule has 2 atom stereocenters. The van der Waals surface area contributed by atoms with Crippen LogP contribution in [-0.4, -0.2) is 33.3 Å². The summed E-state index contributed by atoms with van der Waals surface area (Å²) in [4.78, 5) is 22.4. The Balaban J connectivity index is 1.72. The standard InChI is InChI=1S/C14H21N3O3/c1-8-10(9(2)17(3)16-8)5-4-6-15-13(18)11-7-12(11)14(19)20/h11-12H,4-7H2,1-3H3,(H,15,18)(H,19,20). The molecule has 2 N–H and O–H groups in total. The summed E-state index contributed by atoms with van der Waals surface area (Å²) < 4.78 is 1.87. The number of aromatic nitrogens is 2. The topological polar surface area (TPSA) is 84.2 Å². The van der Waals surface area contributed by atoms with Gasteiger partial charge in [-0.15, -0.1) is 0 Å². The van der Waals surface area contributed by atoms with Crippen molar-refractivity contribution < 1.29 is 14.7 Å². The van der Waals surface area contributed by atoms with E-state index < -0.39 is 11.9 Å². The molecule has 0 bridgehead atoms. The number of carbonyl (C=O) groups is 2. The van der Waals surface area contributed by atoms with Crippen LogP contribution in [0.25, 0.3) is 0 Å². The molecule has 20 heavy (non-hydrogen) atoms. The SMILES string of the molecule is Cc1nn(C)c(C)c1CCCNC(=O)C1CC1C(=O)O. The fourth-order valence-corrected chi connectivity index (χ4v) is 2.54. The molecule has 6 nitrogen and oxygen atoms in total. The van der Waals surface area contributed by atoms with Gasteiger partial charge in [0.2, 0.25) is 5.91 Å². The summed E-state index contributed by atoms with van der Waals surface area (Å²) in [6.45, 7) is 4.60. The maximum absolute atomic E-state index is 11.7. The Morgan fingerprint density at radius 3 is 2.60 bits per heavy atom. The molecule has 110 valence electrons. The molecule has 1 saturated carbocycles. The van der Waals surface area contributed by atoms with Crippen molar-refractivity contribution in [1.82, 2.24) is 15.1 Å². The zero-order valence-corrected chi connectivity index (χ0v) is 12.1. The number of carboxylic acids is 1. The quantitative estimate of drug-likeness (QED) is 0.755. The molecule has 0 aromatic carbocycles. The van der Waals surface area contributed by atoms with Crippen molar-refractivity contribution in [1.29, 1.82) is 0 Å². The Hall–Kier alpha value is -1.85. The summed E-state index contributed by atoms with van der Waals surface area (Å²) in [6.07, 6.45) is 2.18. The van der Waals surface area contributed by atoms with E-state index in [-0.39, 0.29) is 11.8 Å². The molecule has 1 fully saturated rings. The van der Waals surface area contributed by atoms with Crippen LogP contribution in [0.15, 0.2) is 0 Å². The molecule has 1 heterocycles. The average Bonchev–Trinajstić information content (AvgIpc) is 3.13. The number of amides is 1. The monoisotopic (exact) mass is 279 g/mol. The molecule has 2 rings (SSSR count). The normalized spacial score (nSPS) is 20.8. The largest absolute Gasteiger partial charge is 0.481 e. The third-order valence-electron chi connectivity index (χ3n) is 4.01. The molecule has 1 aromatic rings. The number of hydrogen-bond acceptors (Lipinski definition) is 3. The lowest BCUT2D eigenvalue weighted by atomic mass is 10.1. The molecule has 1 aromatic heterocycles. The first-order chi connectivity index (χ1) is 9.41. The first-order valence-corrected chi connectivity index (χ1v) is 6.91. The molecule has 1 aliphatic carbocycles. The van der Waals surface area contributed by atoms with Crippen LogP contribution in [-0.2, 0) is 23.1 Å². The van der Waals surface area contributed by atoms with E-state index in [0.29, 0.717) is 13.0 Å². The highest BCUT2D eigenvalue weighted by Gasteiger charge is 2.48. The minimum Gasteiger partial charge on any atom is -0.481 e. The average molecular weight is 279 g/mol. The second-order valence-corrected chi connectivity index (χ2v) is 5.45. The molecule has 1 amide bonds. The third kappa shape index (κ3) is 3.00. The van der Waals surface area contributed by atoms with Gasteiger partial charge in [0.25, 0.3) is 0 Å². The predicted molar refractivity (Wildman–Crippen MR) is 73.2 cm³/mol. The van der Waals surface area contributed by atoms with Gasteiger partial charge in [-0.05, 0) is 38.7 Å². The van der Waals surface area contributed by atoms with Crippen LogP contribution in [0.2, 0.25) is 0 Å². The molecule has 1 aliphatic rings. The lowest BCUT2D eigenvalue weighted by Crippen LogP contribution is -2.27. The van der Waals surface area contributed by atoms with E-state index in [1.165, 1.54) is 5.56 Å². The lowest BCUT2D eigenvalue weighted by molar-refractivity contribution is -0.140. The second kappa shape index (κ2) is 5.64. The van der Waals surface area contributed by atoms with Crippen molar-refractivity contribution in [3.63, 3.8) is 0 Å². The van der Waals surface area contributed by atoms with Crippen LogP contribution in [0.5, 0.6) is 0 Å². The molecular formula is C14H21N3O3. The van der Waals surface area contributed by atoms with Gasteiger partial charge in [-0.3, -0.25) is 14.3 Å². The van der Waals surface area contributed by atoms with Crippen molar-refractivity contribution >= 4 is 11.9 Å². The van der Waals surface area contributed by atoms with E-state index in [1.807, 2.05) is 25.6 Å². The van der Waals surface area contributed by atoms with Gasteiger partial charge < -0.3 is 10.4 Å². The first kappa shape index (κ1) is 14.6. The maximum Gasteiger partial charge on any atom is 0.307 e. The van der Waals surface area contributed by atoms with Gasteiger partial charge in [-0.1, -0.05) is 0 Å². The van der Waals surface area contributed by atoms with Crippen molar-refractivity contribution in [3.8, 4) is 0 Å². The van der Waals surface area contributed by atoms with Gasteiger partial charge in [0.15, 0.2) is 0 Å². The highest BCUT2D eigenvalue weighted by Crippen LogP contribution is 2.38. The fourth-order valence-electron chi connectivity index (χ4n) is 2.54. The zero-order valence-electron chi connectivity index (χ0n) is 12.1. The summed E-state index contributed by atoms with van der Waals surface area (Å²) in [7, 11) is 1.92. The van der Waals surface area contributed by atoms with E-state index in [0.717, 1.165) is 24.2 Å². The lowest BCUT2D eigenvalue weighted by Gasteiger charge is -2.05. The number of hydrogen-bond donors (Lipinski definition) is 2. The Labute approximate surface area is 118 Å². The van der Waals surface area contributed by atoms with Crippen molar-refractivity contribution in [2.24, 2.45) is 18.9 Å². The van der Waals surface area contributed by atoms with Gasteiger partial charge in [0.05, 0.1) is 17.5 Å². The number of nitrogens with one attached hydrogen (secondary N) is 1. The van der Waals surface area contributed by atoms with Crippen LogP contribution >= 0.6 is 0 Å². The molecular weight excluding hydrogens is 258 g/mol. The highest BCUT2D eigenvalue weighted by atomic mass is 16.4. The molecule has 0 aliphatic heterocycles. The van der Waals surface area contributed by atoms with E-state index in [1.54, 1.807) is 0 Å². The Morgan fingerprint density at radius 2 is 2.10 bits per heavy atom. The first-order valence-electron chi connectivity index (χ1n) is 6.91. The van der Waals surface area contributed by atoms with E-state index in [4.69, 9.17) is 5.11 Å². The summed E-state index contributed by atoms with van der Waals surface area (Å²) >= 11 is 0. The summed E-state index contributed by atoms with van der Waals surface area (Å²) in [5.74, 6) is -1.80. The Kier molecular flexibility index (Phi) is 4.11. The van der Waals surface area contributed by atoms with E-state index in [9.17, 15) is 9.59 Å². The number of carbonyl (C=O) groups excluding carboxylic acids is 1. The predicted octanol–water partition coefficient (Wildman–Crippen LogP) is 0.806. The number of rotatable bonds is 6. The van der Waals surface area contributed by atoms with Crippen LogP contribution < -0.4 is 5.32 Å².